The summed E-state index contributed by atoms with van der Waals surface area (Å²) in [5, 5.41) is 15.4. The normalized spacial score (nSPS) is 14.9. The average molecular weight is 271 g/mol. The predicted octanol–water partition coefficient (Wildman–Crippen LogP) is 3.34. The first-order chi connectivity index (χ1) is 8.79. The van der Waals surface area contributed by atoms with Crippen LogP contribution in [0.4, 0.5) is 0 Å². The van der Waals surface area contributed by atoms with Crippen molar-refractivity contribution in [3.05, 3.63) is 0 Å². The van der Waals surface area contributed by atoms with Crippen LogP contribution in [0.2, 0.25) is 0 Å². The highest BCUT2D eigenvalue weighted by Crippen LogP contribution is 2.22. The molecule has 19 heavy (non-hydrogen) atoms. The minimum atomic E-state index is -0.225. The third-order valence-electron chi connectivity index (χ3n) is 3.69. The summed E-state index contributed by atoms with van der Waals surface area (Å²) < 4.78 is 0. The van der Waals surface area contributed by atoms with Gasteiger partial charge in [0.2, 0.25) is 0 Å². The van der Waals surface area contributed by atoms with Gasteiger partial charge in [-0.15, -0.1) is 0 Å². The Hall–Kier alpha value is -0.770. The molecule has 0 fully saturated rings. The summed E-state index contributed by atoms with van der Waals surface area (Å²) in [6, 6.07) is 0.575. The predicted molar refractivity (Wildman–Crippen MR) is 82.6 cm³/mol. The van der Waals surface area contributed by atoms with Crippen LogP contribution in [0.25, 0.3) is 0 Å². The van der Waals surface area contributed by atoms with Gasteiger partial charge in [-0.1, -0.05) is 45.7 Å². The van der Waals surface area contributed by atoms with Crippen molar-refractivity contribution in [1.82, 2.24) is 5.32 Å². The maximum atomic E-state index is 8.70. The molecule has 0 aliphatic heterocycles. The van der Waals surface area contributed by atoms with Crippen molar-refractivity contribution in [3.63, 3.8) is 0 Å². The highest BCUT2D eigenvalue weighted by molar-refractivity contribution is 5.85. The van der Waals surface area contributed by atoms with Gasteiger partial charge in [-0.05, 0) is 38.6 Å². The second kappa shape index (κ2) is 9.18. The van der Waals surface area contributed by atoms with Gasteiger partial charge in [0.25, 0.3) is 0 Å². The van der Waals surface area contributed by atoms with Crippen molar-refractivity contribution in [2.75, 3.05) is 6.54 Å². The topological polar surface area (TPSA) is 70.6 Å². The lowest BCUT2D eigenvalue weighted by Crippen LogP contribution is -2.33. The van der Waals surface area contributed by atoms with Crippen LogP contribution in [-0.2, 0) is 0 Å². The number of amidine groups is 1. The summed E-state index contributed by atoms with van der Waals surface area (Å²) in [7, 11) is 0. The van der Waals surface area contributed by atoms with Crippen LogP contribution in [0.1, 0.15) is 66.7 Å². The number of oxime groups is 1. The lowest BCUT2D eigenvalue weighted by atomic mass is 9.86. The van der Waals surface area contributed by atoms with E-state index in [1.54, 1.807) is 0 Å². The molecule has 4 N–H and O–H groups in total. The number of nitrogens with one attached hydrogen (secondary N) is 1. The molecule has 4 heteroatoms. The van der Waals surface area contributed by atoms with Gasteiger partial charge < -0.3 is 16.3 Å². The SMILES string of the molecule is CC(C)CCCC(C)NCCCC(C)(C)C(N)=NO. The Morgan fingerprint density at radius 2 is 1.84 bits per heavy atom. The van der Waals surface area contributed by atoms with Gasteiger partial charge >= 0.3 is 0 Å². The monoisotopic (exact) mass is 271 g/mol. The summed E-state index contributed by atoms with van der Waals surface area (Å²) in [5.74, 6) is 1.12. The van der Waals surface area contributed by atoms with Crippen molar-refractivity contribution in [2.24, 2.45) is 22.2 Å². The van der Waals surface area contributed by atoms with E-state index in [0.717, 1.165) is 25.3 Å². The van der Waals surface area contributed by atoms with Crippen molar-refractivity contribution in [1.29, 1.82) is 0 Å². The van der Waals surface area contributed by atoms with Crippen LogP contribution in [0.15, 0.2) is 5.16 Å². The second-order valence-corrected chi connectivity index (χ2v) is 6.65. The summed E-state index contributed by atoms with van der Waals surface area (Å²) in [4.78, 5) is 0. The van der Waals surface area contributed by atoms with Crippen LogP contribution >= 0.6 is 0 Å². The summed E-state index contributed by atoms with van der Waals surface area (Å²) in [6.07, 6.45) is 5.80. The van der Waals surface area contributed by atoms with E-state index in [1.165, 1.54) is 19.3 Å². The molecule has 0 aliphatic carbocycles. The number of nitrogens with zero attached hydrogens (tertiary/aromatic N) is 1. The molecule has 0 aromatic heterocycles. The van der Waals surface area contributed by atoms with E-state index in [0.29, 0.717) is 11.9 Å². The van der Waals surface area contributed by atoms with E-state index < -0.39 is 0 Å². The number of hydrogen-bond donors (Lipinski definition) is 3. The maximum absolute atomic E-state index is 8.70. The van der Waals surface area contributed by atoms with E-state index in [4.69, 9.17) is 10.9 Å². The molecule has 0 heterocycles. The molecular weight excluding hydrogens is 238 g/mol. The zero-order chi connectivity index (χ0) is 14.9. The van der Waals surface area contributed by atoms with Crippen molar-refractivity contribution in [2.45, 2.75) is 72.8 Å². The molecule has 0 aromatic rings. The highest BCUT2D eigenvalue weighted by atomic mass is 16.4. The molecule has 0 aliphatic rings. The third-order valence-corrected chi connectivity index (χ3v) is 3.69. The zero-order valence-corrected chi connectivity index (χ0v) is 13.4. The Bertz CT molecular complexity index is 262. The van der Waals surface area contributed by atoms with Crippen LogP contribution in [0.5, 0.6) is 0 Å². The molecule has 0 saturated carbocycles. The second-order valence-electron chi connectivity index (χ2n) is 6.65. The third kappa shape index (κ3) is 8.87. The molecule has 1 unspecified atom stereocenters. The van der Waals surface area contributed by atoms with Gasteiger partial charge in [0.1, 0.15) is 5.84 Å². The van der Waals surface area contributed by atoms with Crippen molar-refractivity contribution in [3.8, 4) is 0 Å². The molecule has 114 valence electrons. The average Bonchev–Trinajstić information content (AvgIpc) is 2.33. The Morgan fingerprint density at radius 1 is 1.21 bits per heavy atom. The van der Waals surface area contributed by atoms with E-state index in [2.05, 4.69) is 31.2 Å². The Morgan fingerprint density at radius 3 is 2.37 bits per heavy atom. The fourth-order valence-electron chi connectivity index (χ4n) is 2.08. The van der Waals surface area contributed by atoms with Gasteiger partial charge in [-0.2, -0.15) is 0 Å². The van der Waals surface area contributed by atoms with Gasteiger partial charge in [0, 0.05) is 11.5 Å². The van der Waals surface area contributed by atoms with Crippen LogP contribution in [0, 0.1) is 11.3 Å². The van der Waals surface area contributed by atoms with Gasteiger partial charge in [0.05, 0.1) is 0 Å². The van der Waals surface area contributed by atoms with Crippen LogP contribution in [0.3, 0.4) is 0 Å². The minimum absolute atomic E-state index is 0.225. The molecule has 0 amide bonds. The molecule has 0 spiro atoms. The first-order valence-corrected chi connectivity index (χ1v) is 7.51. The number of hydrogen-bond acceptors (Lipinski definition) is 3. The van der Waals surface area contributed by atoms with E-state index in [9.17, 15) is 0 Å². The lowest BCUT2D eigenvalue weighted by molar-refractivity contribution is 0.304. The van der Waals surface area contributed by atoms with Crippen molar-refractivity contribution < 1.29 is 5.21 Å². The summed E-state index contributed by atoms with van der Waals surface area (Å²) in [6.45, 7) is 11.8. The molecule has 1 atom stereocenters. The smallest absolute Gasteiger partial charge is 0.144 e. The molecule has 4 nitrogen and oxygen atoms in total. The first-order valence-electron chi connectivity index (χ1n) is 7.51. The molecule has 0 bridgehead atoms. The molecule has 0 rings (SSSR count). The maximum Gasteiger partial charge on any atom is 0.144 e. The van der Waals surface area contributed by atoms with Crippen molar-refractivity contribution >= 4 is 5.84 Å². The Labute approximate surface area is 118 Å². The summed E-state index contributed by atoms with van der Waals surface area (Å²) in [5.41, 5.74) is 5.44. The zero-order valence-electron chi connectivity index (χ0n) is 13.4. The molecule has 0 radical (unpaired) electrons. The van der Waals surface area contributed by atoms with E-state index >= 15 is 0 Å². The quantitative estimate of drug-likeness (QED) is 0.188. The lowest BCUT2D eigenvalue weighted by Gasteiger charge is -2.23. The molecular formula is C15H33N3O. The summed E-state index contributed by atoms with van der Waals surface area (Å²) >= 11 is 0. The minimum Gasteiger partial charge on any atom is -0.409 e. The Balaban J connectivity index is 3.69. The first kappa shape index (κ1) is 18.2. The largest absolute Gasteiger partial charge is 0.409 e. The van der Waals surface area contributed by atoms with Gasteiger partial charge in [-0.3, -0.25) is 0 Å². The highest BCUT2D eigenvalue weighted by Gasteiger charge is 2.22. The molecule has 0 aromatic carbocycles. The molecule has 0 saturated heterocycles. The van der Waals surface area contributed by atoms with Crippen LogP contribution in [-0.4, -0.2) is 23.6 Å². The number of rotatable bonds is 10. The fourth-order valence-corrected chi connectivity index (χ4v) is 2.08. The number of nitrogens with two attached hydrogens (primary N) is 1. The fraction of sp³-hybridized carbons (Fsp3) is 0.933. The van der Waals surface area contributed by atoms with Gasteiger partial charge in [0.15, 0.2) is 0 Å². The van der Waals surface area contributed by atoms with Crippen LogP contribution < -0.4 is 11.1 Å². The van der Waals surface area contributed by atoms with E-state index in [-0.39, 0.29) is 5.41 Å². The standard InChI is InChI=1S/C15H33N3O/c1-12(2)8-6-9-13(3)17-11-7-10-15(4,5)14(16)18-19/h12-13,17,19H,6-11H2,1-5H3,(H2,16,18). The van der Waals surface area contributed by atoms with E-state index in [1.807, 2.05) is 13.8 Å². The Kier molecular flexibility index (Phi) is 8.81. The van der Waals surface area contributed by atoms with Gasteiger partial charge in [-0.25, -0.2) is 0 Å².